The number of rotatable bonds is 5. The second-order valence-electron chi connectivity index (χ2n) is 4.94. The molecular formula is C15H18ClNO2S2. The lowest BCUT2D eigenvalue weighted by Crippen LogP contribution is -2.21. The van der Waals surface area contributed by atoms with Crippen molar-refractivity contribution in [3.8, 4) is 0 Å². The summed E-state index contributed by atoms with van der Waals surface area (Å²) < 4.78 is 23.8. The Labute approximate surface area is 134 Å². The number of thiophene rings is 1. The van der Waals surface area contributed by atoms with E-state index < -0.39 is 9.84 Å². The van der Waals surface area contributed by atoms with Gasteiger partial charge in [-0.2, -0.15) is 0 Å². The molecule has 0 amide bonds. The quantitative estimate of drug-likeness (QED) is 0.897. The third-order valence-corrected chi connectivity index (χ3v) is 5.96. The van der Waals surface area contributed by atoms with E-state index in [4.69, 9.17) is 11.6 Å². The van der Waals surface area contributed by atoms with Crippen molar-refractivity contribution in [2.24, 2.45) is 0 Å². The number of benzene rings is 1. The van der Waals surface area contributed by atoms with Gasteiger partial charge in [-0.1, -0.05) is 30.7 Å². The van der Waals surface area contributed by atoms with Crippen LogP contribution in [0.3, 0.4) is 0 Å². The SMILES string of the molecule is CCNC(c1ccc(S(C)(=O)=O)cc1)c1cc(C)c(Cl)s1. The summed E-state index contributed by atoms with van der Waals surface area (Å²) in [4.78, 5) is 1.47. The Morgan fingerprint density at radius 1 is 1.29 bits per heavy atom. The van der Waals surface area contributed by atoms with Gasteiger partial charge in [0.1, 0.15) is 0 Å². The first-order valence-electron chi connectivity index (χ1n) is 6.62. The van der Waals surface area contributed by atoms with E-state index in [0.29, 0.717) is 4.90 Å². The Morgan fingerprint density at radius 3 is 2.33 bits per heavy atom. The van der Waals surface area contributed by atoms with Gasteiger partial charge in [0.2, 0.25) is 0 Å². The predicted molar refractivity (Wildman–Crippen MR) is 89.1 cm³/mol. The molecule has 2 aromatic rings. The molecule has 1 heterocycles. The van der Waals surface area contributed by atoms with Crippen LogP contribution in [0.15, 0.2) is 35.2 Å². The molecule has 0 radical (unpaired) electrons. The van der Waals surface area contributed by atoms with Crippen molar-refractivity contribution in [3.63, 3.8) is 0 Å². The van der Waals surface area contributed by atoms with Gasteiger partial charge in [-0.3, -0.25) is 0 Å². The fraction of sp³-hybridized carbons (Fsp3) is 0.333. The zero-order valence-electron chi connectivity index (χ0n) is 12.2. The Kier molecular flexibility index (Phi) is 5.09. The van der Waals surface area contributed by atoms with Crippen LogP contribution in [0.2, 0.25) is 4.34 Å². The summed E-state index contributed by atoms with van der Waals surface area (Å²) in [6.07, 6.45) is 1.21. The zero-order chi connectivity index (χ0) is 15.6. The van der Waals surface area contributed by atoms with Crippen LogP contribution in [-0.4, -0.2) is 21.2 Å². The molecule has 0 saturated heterocycles. The highest BCUT2D eigenvalue weighted by Gasteiger charge is 2.17. The molecular weight excluding hydrogens is 326 g/mol. The molecule has 6 heteroatoms. The highest BCUT2D eigenvalue weighted by molar-refractivity contribution is 7.90. The van der Waals surface area contributed by atoms with Gasteiger partial charge in [0.25, 0.3) is 0 Å². The van der Waals surface area contributed by atoms with Crippen molar-refractivity contribution in [3.05, 3.63) is 50.7 Å². The summed E-state index contributed by atoms with van der Waals surface area (Å²) in [7, 11) is -3.16. The number of hydrogen-bond acceptors (Lipinski definition) is 4. The van der Waals surface area contributed by atoms with Crippen LogP contribution in [0.25, 0.3) is 0 Å². The minimum absolute atomic E-state index is 0.0276. The molecule has 3 nitrogen and oxygen atoms in total. The molecule has 1 unspecified atom stereocenters. The summed E-state index contributed by atoms with van der Waals surface area (Å²) in [5.41, 5.74) is 2.09. The minimum atomic E-state index is -3.16. The van der Waals surface area contributed by atoms with Gasteiger partial charge in [0, 0.05) is 11.1 Å². The average molecular weight is 344 g/mol. The number of nitrogens with one attached hydrogen (secondary N) is 1. The molecule has 1 atom stereocenters. The molecule has 0 saturated carbocycles. The molecule has 2 rings (SSSR count). The van der Waals surface area contributed by atoms with Gasteiger partial charge >= 0.3 is 0 Å². The van der Waals surface area contributed by atoms with Crippen LogP contribution in [0, 0.1) is 6.92 Å². The first-order valence-corrected chi connectivity index (χ1v) is 9.70. The van der Waals surface area contributed by atoms with Crippen molar-refractivity contribution in [2.45, 2.75) is 24.8 Å². The van der Waals surface area contributed by atoms with Crippen molar-refractivity contribution in [1.82, 2.24) is 5.32 Å². The highest BCUT2D eigenvalue weighted by Crippen LogP contribution is 2.34. The summed E-state index contributed by atoms with van der Waals surface area (Å²) in [5, 5.41) is 3.42. The van der Waals surface area contributed by atoms with Crippen molar-refractivity contribution >= 4 is 32.8 Å². The number of hydrogen-bond donors (Lipinski definition) is 1. The van der Waals surface area contributed by atoms with Crippen LogP contribution in [0.4, 0.5) is 0 Å². The summed E-state index contributed by atoms with van der Waals surface area (Å²) in [5.74, 6) is 0. The molecule has 0 spiro atoms. The van der Waals surface area contributed by atoms with Crippen molar-refractivity contribution in [1.29, 1.82) is 0 Å². The van der Waals surface area contributed by atoms with E-state index in [0.717, 1.165) is 26.9 Å². The van der Waals surface area contributed by atoms with E-state index in [1.54, 1.807) is 23.5 Å². The van der Waals surface area contributed by atoms with E-state index in [1.807, 2.05) is 26.0 Å². The summed E-state index contributed by atoms with van der Waals surface area (Å²) >= 11 is 7.71. The molecule has 0 bridgehead atoms. The summed E-state index contributed by atoms with van der Waals surface area (Å²) in [6, 6.07) is 9.11. The molecule has 0 aliphatic heterocycles. The highest BCUT2D eigenvalue weighted by atomic mass is 35.5. The topological polar surface area (TPSA) is 46.2 Å². The third kappa shape index (κ3) is 3.86. The molecule has 114 valence electrons. The van der Waals surface area contributed by atoms with E-state index in [2.05, 4.69) is 11.4 Å². The fourth-order valence-electron chi connectivity index (χ4n) is 2.12. The molecule has 0 aliphatic carbocycles. The van der Waals surface area contributed by atoms with Crippen LogP contribution in [0.5, 0.6) is 0 Å². The Hall–Kier alpha value is -0.880. The first-order chi connectivity index (χ1) is 9.82. The van der Waals surface area contributed by atoms with Crippen LogP contribution in [-0.2, 0) is 9.84 Å². The molecule has 1 aromatic carbocycles. The normalized spacial score (nSPS) is 13.3. The standard InChI is InChI=1S/C15H18ClNO2S2/c1-4-17-14(13-9-10(2)15(16)20-13)11-5-7-12(8-6-11)21(3,18)19/h5-9,14,17H,4H2,1-3H3. The largest absolute Gasteiger partial charge is 0.306 e. The van der Waals surface area contributed by atoms with E-state index in [1.165, 1.54) is 6.26 Å². The van der Waals surface area contributed by atoms with Gasteiger partial charge in [0.05, 0.1) is 15.3 Å². The van der Waals surface area contributed by atoms with Gasteiger partial charge < -0.3 is 5.32 Å². The maximum Gasteiger partial charge on any atom is 0.175 e. The second-order valence-corrected chi connectivity index (χ2v) is 8.64. The van der Waals surface area contributed by atoms with Gasteiger partial charge in [-0.15, -0.1) is 11.3 Å². The maximum absolute atomic E-state index is 11.5. The van der Waals surface area contributed by atoms with Crippen LogP contribution >= 0.6 is 22.9 Å². The average Bonchev–Trinajstić information content (AvgIpc) is 2.75. The lowest BCUT2D eigenvalue weighted by Gasteiger charge is -2.17. The minimum Gasteiger partial charge on any atom is -0.306 e. The Bertz CT molecular complexity index is 701. The lowest BCUT2D eigenvalue weighted by atomic mass is 10.0. The molecule has 1 N–H and O–H groups in total. The van der Waals surface area contributed by atoms with Gasteiger partial charge in [-0.05, 0) is 42.8 Å². The van der Waals surface area contributed by atoms with E-state index in [9.17, 15) is 8.42 Å². The molecule has 0 aliphatic rings. The monoisotopic (exact) mass is 343 g/mol. The number of halogens is 1. The van der Waals surface area contributed by atoms with E-state index in [-0.39, 0.29) is 6.04 Å². The van der Waals surface area contributed by atoms with Crippen LogP contribution < -0.4 is 5.32 Å². The Morgan fingerprint density at radius 2 is 1.90 bits per heavy atom. The van der Waals surface area contributed by atoms with Gasteiger partial charge in [0.15, 0.2) is 9.84 Å². The van der Waals surface area contributed by atoms with Crippen LogP contribution in [0.1, 0.15) is 29.0 Å². The fourth-order valence-corrected chi connectivity index (χ4v) is 4.07. The van der Waals surface area contributed by atoms with Crippen molar-refractivity contribution in [2.75, 3.05) is 12.8 Å². The Balaban J connectivity index is 2.39. The predicted octanol–water partition coefficient (Wildman–Crippen LogP) is 3.81. The smallest absolute Gasteiger partial charge is 0.175 e. The number of aryl methyl sites for hydroxylation is 1. The number of sulfone groups is 1. The molecule has 0 fully saturated rings. The first kappa shape index (κ1) is 16.5. The lowest BCUT2D eigenvalue weighted by molar-refractivity contribution is 0.601. The molecule has 1 aromatic heterocycles. The molecule has 21 heavy (non-hydrogen) atoms. The zero-order valence-corrected chi connectivity index (χ0v) is 14.6. The maximum atomic E-state index is 11.5. The second kappa shape index (κ2) is 6.48. The third-order valence-electron chi connectivity index (χ3n) is 3.21. The summed E-state index contributed by atoms with van der Waals surface area (Å²) in [6.45, 7) is 4.84. The van der Waals surface area contributed by atoms with Gasteiger partial charge in [-0.25, -0.2) is 8.42 Å². The van der Waals surface area contributed by atoms with E-state index >= 15 is 0 Å². The van der Waals surface area contributed by atoms with Crippen molar-refractivity contribution < 1.29 is 8.42 Å².